The molecule has 0 aliphatic carbocycles. The molecule has 0 N–H and O–H groups in total. The highest BCUT2D eigenvalue weighted by molar-refractivity contribution is 5.21. The molecule has 0 aliphatic rings. The number of hydrogen-bond acceptors (Lipinski definition) is 2. The molecule has 2 rings (SSSR count). The summed E-state index contributed by atoms with van der Waals surface area (Å²) in [6.07, 6.45) is 0. The van der Waals surface area contributed by atoms with Crippen LogP contribution in [0.5, 0.6) is 11.5 Å². The summed E-state index contributed by atoms with van der Waals surface area (Å²) >= 11 is 0. The van der Waals surface area contributed by atoms with Gasteiger partial charge in [-0.05, 0) is 24.3 Å². The van der Waals surface area contributed by atoms with E-state index in [4.69, 9.17) is 9.47 Å². The first kappa shape index (κ1) is 20.4. The zero-order chi connectivity index (χ0) is 15.6. The topological polar surface area (TPSA) is 18.5 Å². The van der Waals surface area contributed by atoms with E-state index in [-0.39, 0.29) is 0 Å². The predicted octanol–water partition coefficient (Wildman–Crippen LogP) is 5.44. The van der Waals surface area contributed by atoms with Gasteiger partial charge in [-0.2, -0.15) is 0 Å². The predicted molar refractivity (Wildman–Crippen MR) is 88.7 cm³/mol. The maximum absolute atomic E-state index is 4.91. The van der Waals surface area contributed by atoms with Gasteiger partial charge in [-0.15, -0.1) is 0 Å². The number of methoxy groups -OCH3 is 2. The zero-order valence-electron chi connectivity index (χ0n) is 13.6. The van der Waals surface area contributed by atoms with Crippen molar-refractivity contribution in [2.75, 3.05) is 14.2 Å². The normalized spacial score (nSPS) is 7.50. The van der Waals surface area contributed by atoms with E-state index in [0.29, 0.717) is 0 Å². The Bertz CT molecular complexity index is 332. The first-order valence-corrected chi connectivity index (χ1v) is 7.05. The second-order valence-corrected chi connectivity index (χ2v) is 3.03. The van der Waals surface area contributed by atoms with E-state index in [1.54, 1.807) is 14.2 Å². The van der Waals surface area contributed by atoms with Gasteiger partial charge < -0.3 is 9.47 Å². The molecule has 0 aliphatic heterocycles. The van der Waals surface area contributed by atoms with Crippen LogP contribution in [0.25, 0.3) is 0 Å². The van der Waals surface area contributed by atoms with Gasteiger partial charge in [0.25, 0.3) is 0 Å². The van der Waals surface area contributed by atoms with E-state index < -0.39 is 0 Å². The monoisotopic (exact) mass is 276 g/mol. The van der Waals surface area contributed by atoms with Crippen LogP contribution in [0, 0.1) is 0 Å². The molecule has 0 heterocycles. The van der Waals surface area contributed by atoms with Gasteiger partial charge in [0.1, 0.15) is 11.5 Å². The minimum absolute atomic E-state index is 0.910. The SMILES string of the molecule is CC.CC.COc1ccccc1.COc1ccccc1. The van der Waals surface area contributed by atoms with Gasteiger partial charge in [0.05, 0.1) is 14.2 Å². The average molecular weight is 276 g/mol. The summed E-state index contributed by atoms with van der Waals surface area (Å²) in [6.45, 7) is 8.00. The standard InChI is InChI=1S/2C7H8O.2C2H6/c2*1-8-7-5-3-2-4-6-7;2*1-2/h2*2-6H,1H3;2*1-2H3. The number of benzene rings is 2. The van der Waals surface area contributed by atoms with E-state index in [1.165, 1.54) is 0 Å². The number of para-hydroxylation sites is 2. The van der Waals surface area contributed by atoms with Crippen LogP contribution >= 0.6 is 0 Å². The molecule has 0 fully saturated rings. The molecule has 0 saturated heterocycles. The molecule has 0 saturated carbocycles. The van der Waals surface area contributed by atoms with Crippen LogP contribution in [0.1, 0.15) is 27.7 Å². The largest absolute Gasteiger partial charge is 0.497 e. The molecule has 0 spiro atoms. The van der Waals surface area contributed by atoms with Crippen LogP contribution in [0.3, 0.4) is 0 Å². The van der Waals surface area contributed by atoms with Crippen molar-refractivity contribution in [3.8, 4) is 11.5 Å². The van der Waals surface area contributed by atoms with Crippen molar-refractivity contribution < 1.29 is 9.47 Å². The maximum atomic E-state index is 4.91. The van der Waals surface area contributed by atoms with Gasteiger partial charge in [0.2, 0.25) is 0 Å². The molecule has 20 heavy (non-hydrogen) atoms. The van der Waals surface area contributed by atoms with Crippen LogP contribution in [-0.2, 0) is 0 Å². The van der Waals surface area contributed by atoms with Gasteiger partial charge in [-0.3, -0.25) is 0 Å². The molecule has 0 amide bonds. The lowest BCUT2D eigenvalue weighted by Crippen LogP contribution is -1.78. The zero-order valence-corrected chi connectivity index (χ0v) is 13.6. The van der Waals surface area contributed by atoms with Crippen molar-refractivity contribution in [3.05, 3.63) is 60.7 Å². The summed E-state index contributed by atoms with van der Waals surface area (Å²) in [4.78, 5) is 0. The Hall–Kier alpha value is -1.96. The Morgan fingerprint density at radius 3 is 0.900 bits per heavy atom. The fourth-order valence-electron chi connectivity index (χ4n) is 1.11. The molecule has 0 unspecified atom stereocenters. The molecule has 2 heteroatoms. The lowest BCUT2D eigenvalue weighted by atomic mass is 10.3. The molecule has 0 atom stereocenters. The van der Waals surface area contributed by atoms with E-state index in [1.807, 2.05) is 88.4 Å². The van der Waals surface area contributed by atoms with Gasteiger partial charge in [-0.25, -0.2) is 0 Å². The van der Waals surface area contributed by atoms with Crippen LogP contribution < -0.4 is 9.47 Å². The van der Waals surface area contributed by atoms with Crippen molar-refractivity contribution >= 4 is 0 Å². The first-order chi connectivity index (χ1) is 9.86. The molecule has 112 valence electrons. The Morgan fingerprint density at radius 1 is 0.500 bits per heavy atom. The van der Waals surface area contributed by atoms with Crippen molar-refractivity contribution in [1.82, 2.24) is 0 Å². The summed E-state index contributed by atoms with van der Waals surface area (Å²) < 4.78 is 9.83. The van der Waals surface area contributed by atoms with Crippen molar-refractivity contribution in [2.45, 2.75) is 27.7 Å². The van der Waals surface area contributed by atoms with E-state index in [0.717, 1.165) is 11.5 Å². The highest BCUT2D eigenvalue weighted by atomic mass is 16.5. The number of ether oxygens (including phenoxy) is 2. The summed E-state index contributed by atoms with van der Waals surface area (Å²) in [5.41, 5.74) is 0. The molecule has 0 bridgehead atoms. The molecule has 2 aromatic carbocycles. The highest BCUT2D eigenvalue weighted by Gasteiger charge is 1.80. The van der Waals surface area contributed by atoms with E-state index in [2.05, 4.69) is 0 Å². The second-order valence-electron chi connectivity index (χ2n) is 3.03. The molecule has 0 radical (unpaired) electrons. The minimum atomic E-state index is 0.910. The van der Waals surface area contributed by atoms with E-state index >= 15 is 0 Å². The Labute approximate surface area is 124 Å². The average Bonchev–Trinajstić information content (AvgIpc) is 2.60. The van der Waals surface area contributed by atoms with Crippen LogP contribution in [0.2, 0.25) is 0 Å². The van der Waals surface area contributed by atoms with E-state index in [9.17, 15) is 0 Å². The van der Waals surface area contributed by atoms with Crippen LogP contribution in [0.15, 0.2) is 60.7 Å². The Balaban J connectivity index is 0. The van der Waals surface area contributed by atoms with Crippen molar-refractivity contribution in [3.63, 3.8) is 0 Å². The fourth-order valence-corrected chi connectivity index (χ4v) is 1.11. The Morgan fingerprint density at radius 2 is 0.750 bits per heavy atom. The highest BCUT2D eigenvalue weighted by Crippen LogP contribution is 2.06. The summed E-state index contributed by atoms with van der Waals surface area (Å²) in [7, 11) is 3.32. The molecular weight excluding hydrogens is 248 g/mol. The molecule has 2 aromatic rings. The van der Waals surface area contributed by atoms with Gasteiger partial charge in [-0.1, -0.05) is 64.1 Å². The molecular formula is C18H28O2. The van der Waals surface area contributed by atoms with Crippen LogP contribution in [-0.4, -0.2) is 14.2 Å². The molecule has 2 nitrogen and oxygen atoms in total. The minimum Gasteiger partial charge on any atom is -0.497 e. The first-order valence-electron chi connectivity index (χ1n) is 7.05. The smallest absolute Gasteiger partial charge is 0.118 e. The summed E-state index contributed by atoms with van der Waals surface area (Å²) in [6, 6.07) is 19.4. The third-order valence-corrected chi connectivity index (χ3v) is 1.96. The second kappa shape index (κ2) is 17.0. The fraction of sp³-hybridized carbons (Fsp3) is 0.333. The lowest BCUT2D eigenvalue weighted by Gasteiger charge is -1.93. The van der Waals surface area contributed by atoms with Gasteiger partial charge in [0, 0.05) is 0 Å². The van der Waals surface area contributed by atoms with Crippen molar-refractivity contribution in [1.29, 1.82) is 0 Å². The maximum Gasteiger partial charge on any atom is 0.118 e. The van der Waals surface area contributed by atoms with Gasteiger partial charge >= 0.3 is 0 Å². The quantitative estimate of drug-likeness (QED) is 0.727. The third-order valence-electron chi connectivity index (χ3n) is 1.96. The number of rotatable bonds is 2. The van der Waals surface area contributed by atoms with Crippen molar-refractivity contribution in [2.24, 2.45) is 0 Å². The number of hydrogen-bond donors (Lipinski definition) is 0. The summed E-state index contributed by atoms with van der Waals surface area (Å²) in [5.74, 6) is 1.82. The lowest BCUT2D eigenvalue weighted by molar-refractivity contribution is 0.414. The Kier molecular flexibility index (Phi) is 17.3. The molecule has 0 aromatic heterocycles. The third kappa shape index (κ3) is 11.1. The summed E-state index contributed by atoms with van der Waals surface area (Å²) in [5, 5.41) is 0. The van der Waals surface area contributed by atoms with Gasteiger partial charge in [0.15, 0.2) is 0 Å². The van der Waals surface area contributed by atoms with Crippen LogP contribution in [0.4, 0.5) is 0 Å².